The average molecular weight is 401 g/mol. The summed E-state index contributed by atoms with van der Waals surface area (Å²) < 4.78 is 5.13. The number of anilines is 2. The fourth-order valence-electron chi connectivity index (χ4n) is 3.21. The van der Waals surface area contributed by atoms with E-state index in [4.69, 9.17) is 4.74 Å². The van der Waals surface area contributed by atoms with Gasteiger partial charge >= 0.3 is 5.97 Å². The molecule has 0 saturated heterocycles. The number of esters is 1. The number of nitrogens with one attached hydrogen (secondary N) is 1. The molecular weight excluding hydrogens is 382 g/mol. The second-order valence-electron chi connectivity index (χ2n) is 6.74. The molecule has 0 fully saturated rings. The highest BCUT2D eigenvalue weighted by atomic mass is 16.5. The molecule has 4 rings (SSSR count). The number of hydrogen-bond acceptors (Lipinski definition) is 5. The first-order chi connectivity index (χ1) is 14.6. The normalized spacial score (nSPS) is 13.7. The van der Waals surface area contributed by atoms with E-state index < -0.39 is 18.5 Å². The molecule has 0 saturated carbocycles. The summed E-state index contributed by atoms with van der Waals surface area (Å²) in [6.07, 6.45) is 0.316. The predicted octanol–water partition coefficient (Wildman–Crippen LogP) is 3.50. The highest BCUT2D eigenvalue weighted by Gasteiger charge is 2.26. The first-order valence-corrected chi connectivity index (χ1v) is 9.52. The molecule has 1 aliphatic heterocycles. The topological polar surface area (TPSA) is 88.1 Å². The van der Waals surface area contributed by atoms with Crippen LogP contribution in [0.15, 0.2) is 77.9 Å². The number of fused-ring (bicyclic) bond motifs is 1. The molecule has 2 amide bonds. The van der Waals surface area contributed by atoms with Crippen molar-refractivity contribution in [2.45, 2.75) is 12.8 Å². The molecule has 0 spiro atoms. The van der Waals surface area contributed by atoms with Crippen molar-refractivity contribution < 1.29 is 19.1 Å². The molecule has 0 bridgehead atoms. The largest absolute Gasteiger partial charge is 0.451 e. The van der Waals surface area contributed by atoms with Crippen LogP contribution in [0.1, 0.15) is 12.8 Å². The number of benzene rings is 3. The number of amides is 2. The van der Waals surface area contributed by atoms with E-state index >= 15 is 0 Å². The zero-order valence-corrected chi connectivity index (χ0v) is 16.1. The summed E-state index contributed by atoms with van der Waals surface area (Å²) in [5.74, 6) is -1.37. The Morgan fingerprint density at radius 3 is 2.50 bits per heavy atom. The number of carbonyl (C=O) groups excluding carboxylic acids is 3. The Morgan fingerprint density at radius 1 is 0.933 bits per heavy atom. The lowest BCUT2D eigenvalue weighted by molar-refractivity contribution is -0.140. The molecule has 3 aromatic rings. The summed E-state index contributed by atoms with van der Waals surface area (Å²) in [6.45, 7) is -0.444. The van der Waals surface area contributed by atoms with E-state index in [0.29, 0.717) is 11.4 Å². The van der Waals surface area contributed by atoms with E-state index in [9.17, 15) is 14.4 Å². The first-order valence-electron chi connectivity index (χ1n) is 9.52. The van der Waals surface area contributed by atoms with Crippen LogP contribution < -0.4 is 10.3 Å². The van der Waals surface area contributed by atoms with Crippen molar-refractivity contribution in [1.82, 2.24) is 0 Å². The second kappa shape index (κ2) is 8.57. The Hall–Kier alpha value is -4.00. The van der Waals surface area contributed by atoms with Gasteiger partial charge in [-0.05, 0) is 23.6 Å². The average Bonchev–Trinajstić information content (AvgIpc) is 2.78. The van der Waals surface area contributed by atoms with Crippen LogP contribution in [0.5, 0.6) is 0 Å². The van der Waals surface area contributed by atoms with E-state index in [2.05, 4.69) is 10.4 Å². The number of ether oxygens (including phenoxy) is 1. The minimum absolute atomic E-state index is 0.108. The zero-order valence-electron chi connectivity index (χ0n) is 16.1. The number of hydrogen-bond donors (Lipinski definition) is 1. The molecular formula is C23H19N3O4. The fraction of sp³-hybridized carbons (Fsp3) is 0.130. The summed E-state index contributed by atoms with van der Waals surface area (Å²) in [6, 6.07) is 22.1. The van der Waals surface area contributed by atoms with Crippen molar-refractivity contribution in [2.24, 2.45) is 5.10 Å². The summed E-state index contributed by atoms with van der Waals surface area (Å²) in [5.41, 5.74) is 1.32. The Labute approximate surface area is 172 Å². The third-order valence-electron chi connectivity index (χ3n) is 4.67. The molecule has 1 heterocycles. The van der Waals surface area contributed by atoms with E-state index in [-0.39, 0.29) is 24.5 Å². The molecule has 0 radical (unpaired) electrons. The molecule has 30 heavy (non-hydrogen) atoms. The van der Waals surface area contributed by atoms with Crippen molar-refractivity contribution in [3.05, 3.63) is 72.8 Å². The van der Waals surface area contributed by atoms with Crippen LogP contribution in [-0.4, -0.2) is 30.1 Å². The van der Waals surface area contributed by atoms with Crippen LogP contribution in [0.2, 0.25) is 0 Å². The van der Waals surface area contributed by atoms with Crippen molar-refractivity contribution in [1.29, 1.82) is 0 Å². The second-order valence-corrected chi connectivity index (χ2v) is 6.74. The maximum absolute atomic E-state index is 12.4. The van der Waals surface area contributed by atoms with Crippen molar-refractivity contribution in [3.63, 3.8) is 0 Å². The van der Waals surface area contributed by atoms with Crippen LogP contribution in [0.3, 0.4) is 0 Å². The van der Waals surface area contributed by atoms with E-state index in [1.54, 1.807) is 30.3 Å². The minimum Gasteiger partial charge on any atom is -0.451 e. The van der Waals surface area contributed by atoms with Gasteiger partial charge < -0.3 is 10.1 Å². The third kappa shape index (κ3) is 4.20. The number of hydrazone groups is 1. The molecule has 0 unspecified atom stereocenters. The fourth-order valence-corrected chi connectivity index (χ4v) is 3.21. The lowest BCUT2D eigenvalue weighted by Crippen LogP contribution is -2.35. The predicted molar refractivity (Wildman–Crippen MR) is 114 cm³/mol. The van der Waals surface area contributed by atoms with Gasteiger partial charge in [0.25, 0.3) is 5.91 Å². The SMILES string of the molecule is O=C(COC(=O)C1=NN(c2ccccc2)C(=O)CC1)Nc1cccc2ccccc12. The summed E-state index contributed by atoms with van der Waals surface area (Å²) in [7, 11) is 0. The lowest BCUT2D eigenvalue weighted by atomic mass is 10.1. The Bertz CT molecular complexity index is 1140. The zero-order chi connectivity index (χ0) is 20.9. The van der Waals surface area contributed by atoms with Gasteiger partial charge in [0, 0.05) is 23.9 Å². The van der Waals surface area contributed by atoms with Crippen molar-refractivity contribution >= 4 is 45.6 Å². The van der Waals surface area contributed by atoms with Gasteiger partial charge in [-0.3, -0.25) is 9.59 Å². The summed E-state index contributed by atoms with van der Waals surface area (Å²) in [5, 5.41) is 9.98. The van der Waals surface area contributed by atoms with Gasteiger partial charge in [0.15, 0.2) is 6.61 Å². The lowest BCUT2D eigenvalue weighted by Gasteiger charge is -2.22. The van der Waals surface area contributed by atoms with Gasteiger partial charge in [0.2, 0.25) is 5.91 Å². The van der Waals surface area contributed by atoms with E-state index in [0.717, 1.165) is 10.8 Å². The van der Waals surface area contributed by atoms with E-state index in [1.807, 2.05) is 42.5 Å². The maximum Gasteiger partial charge on any atom is 0.355 e. The highest BCUT2D eigenvalue weighted by Crippen LogP contribution is 2.23. The monoisotopic (exact) mass is 401 g/mol. The Kier molecular flexibility index (Phi) is 5.52. The maximum atomic E-state index is 12.4. The van der Waals surface area contributed by atoms with Crippen LogP contribution in [0.25, 0.3) is 10.8 Å². The van der Waals surface area contributed by atoms with Crippen molar-refractivity contribution in [3.8, 4) is 0 Å². The highest BCUT2D eigenvalue weighted by molar-refractivity contribution is 6.38. The summed E-state index contributed by atoms with van der Waals surface area (Å²) >= 11 is 0. The number of para-hydroxylation sites is 1. The van der Waals surface area contributed by atoms with Crippen LogP contribution in [0.4, 0.5) is 11.4 Å². The molecule has 1 aliphatic rings. The molecule has 0 atom stereocenters. The molecule has 0 aromatic heterocycles. The molecule has 3 aromatic carbocycles. The Morgan fingerprint density at radius 2 is 1.67 bits per heavy atom. The van der Waals surface area contributed by atoms with Crippen molar-refractivity contribution in [2.75, 3.05) is 16.9 Å². The summed E-state index contributed by atoms with van der Waals surface area (Å²) in [4.78, 5) is 36.8. The van der Waals surface area contributed by atoms with Gasteiger partial charge in [-0.25, -0.2) is 9.80 Å². The van der Waals surface area contributed by atoms with E-state index in [1.165, 1.54) is 5.01 Å². The molecule has 7 nitrogen and oxygen atoms in total. The quantitative estimate of drug-likeness (QED) is 0.663. The number of nitrogens with zero attached hydrogens (tertiary/aromatic N) is 2. The molecule has 7 heteroatoms. The van der Waals surface area contributed by atoms with Gasteiger partial charge in [0.1, 0.15) is 5.71 Å². The standard InChI is InChI=1S/C23H19N3O4/c27-21(24-19-12-6-8-16-7-4-5-11-18(16)19)15-30-23(29)20-13-14-22(28)26(25-20)17-9-2-1-3-10-17/h1-12H,13-15H2,(H,24,27). The Balaban J connectivity index is 1.40. The van der Waals surface area contributed by atoms with Gasteiger partial charge in [-0.2, -0.15) is 5.10 Å². The van der Waals surface area contributed by atoms with Gasteiger partial charge in [-0.1, -0.05) is 54.6 Å². The van der Waals surface area contributed by atoms with Crippen LogP contribution in [0, 0.1) is 0 Å². The minimum atomic E-state index is -0.712. The first kappa shape index (κ1) is 19.3. The third-order valence-corrected chi connectivity index (χ3v) is 4.67. The van der Waals surface area contributed by atoms with Gasteiger partial charge in [0.05, 0.1) is 5.69 Å². The molecule has 0 aliphatic carbocycles. The number of rotatable bonds is 5. The smallest absolute Gasteiger partial charge is 0.355 e. The van der Waals surface area contributed by atoms with Crippen LogP contribution in [-0.2, 0) is 19.1 Å². The molecule has 150 valence electrons. The number of carbonyl (C=O) groups is 3. The van der Waals surface area contributed by atoms with Gasteiger partial charge in [-0.15, -0.1) is 0 Å². The van der Waals surface area contributed by atoms with Crippen LogP contribution >= 0.6 is 0 Å². The molecule has 1 N–H and O–H groups in total.